The predicted molar refractivity (Wildman–Crippen MR) is 159 cm³/mol. The fraction of sp³-hybridized carbons (Fsp3) is 0.321. The Morgan fingerprint density at radius 2 is 1.91 bits per heavy atom. The fourth-order valence-electron chi connectivity index (χ4n) is 4.54. The van der Waals surface area contributed by atoms with Gasteiger partial charge in [0.15, 0.2) is 10.9 Å². The number of hydrogen-bond acceptors (Lipinski definition) is 10. The van der Waals surface area contributed by atoms with Crippen LogP contribution in [-0.4, -0.2) is 72.3 Å². The predicted octanol–water partition coefficient (Wildman–Crippen LogP) is 5.05. The summed E-state index contributed by atoms with van der Waals surface area (Å²) >= 11 is 1.08. The number of carbonyl (C=O) groups excluding carboxylic acids is 2. The Morgan fingerprint density at radius 3 is 2.67 bits per heavy atom. The van der Waals surface area contributed by atoms with Gasteiger partial charge in [0.05, 0.1) is 18.4 Å². The van der Waals surface area contributed by atoms with Gasteiger partial charge in [-0.3, -0.25) is 10.1 Å². The molecular weight excluding hydrogens is 582 g/mol. The molecule has 3 amide bonds. The van der Waals surface area contributed by atoms with E-state index in [0.29, 0.717) is 29.1 Å². The van der Waals surface area contributed by atoms with Crippen LogP contribution in [0.2, 0.25) is 0 Å². The molecule has 15 heteroatoms. The summed E-state index contributed by atoms with van der Waals surface area (Å²) in [6.07, 6.45) is 3.28. The van der Waals surface area contributed by atoms with Crippen LogP contribution in [0.3, 0.4) is 0 Å². The van der Waals surface area contributed by atoms with E-state index in [0.717, 1.165) is 43.5 Å². The van der Waals surface area contributed by atoms with Crippen LogP contribution in [-0.2, 0) is 0 Å². The molecule has 43 heavy (non-hydrogen) atoms. The quantitative estimate of drug-likeness (QED) is 0.171. The number of nitrogens with one attached hydrogen (secondary N) is 4. The molecule has 1 fully saturated rings. The van der Waals surface area contributed by atoms with Crippen molar-refractivity contribution in [3.05, 3.63) is 53.6 Å². The number of benzene rings is 2. The molecule has 1 aliphatic rings. The van der Waals surface area contributed by atoms with E-state index >= 15 is 0 Å². The van der Waals surface area contributed by atoms with Gasteiger partial charge in [-0.1, -0.05) is 22.6 Å². The normalized spacial score (nSPS) is 13.1. The van der Waals surface area contributed by atoms with Gasteiger partial charge < -0.3 is 30.1 Å². The molecule has 226 valence electrons. The molecule has 12 nitrogen and oxygen atoms in total. The lowest BCUT2D eigenvalue weighted by Crippen LogP contribution is -2.31. The summed E-state index contributed by atoms with van der Waals surface area (Å²) in [6, 6.07) is 7.61. The minimum Gasteiger partial charge on any atom is -0.497 e. The van der Waals surface area contributed by atoms with E-state index in [4.69, 9.17) is 9.26 Å². The van der Waals surface area contributed by atoms with Crippen molar-refractivity contribution in [2.75, 3.05) is 56.3 Å². The van der Waals surface area contributed by atoms with Crippen LogP contribution >= 0.6 is 11.3 Å². The van der Waals surface area contributed by atoms with Crippen LogP contribution in [0, 0.1) is 11.6 Å². The zero-order valence-electron chi connectivity index (χ0n) is 23.5. The number of likely N-dealkylation sites (tertiary alicyclic amines) is 1. The van der Waals surface area contributed by atoms with Crippen LogP contribution < -0.4 is 26.0 Å². The number of methoxy groups -OCH3 is 1. The molecule has 0 spiro atoms. The van der Waals surface area contributed by atoms with Gasteiger partial charge in [-0.15, -0.1) is 0 Å². The topological polar surface area (TPSA) is 147 Å². The van der Waals surface area contributed by atoms with Crippen LogP contribution in [0.15, 0.2) is 40.9 Å². The number of nitrogens with zero attached hydrogens (tertiary/aromatic N) is 4. The van der Waals surface area contributed by atoms with Crippen molar-refractivity contribution in [3.8, 4) is 27.9 Å². The Labute approximate surface area is 249 Å². The Balaban J connectivity index is 1.27. The van der Waals surface area contributed by atoms with Crippen LogP contribution in [0.25, 0.3) is 22.2 Å². The number of amides is 3. The van der Waals surface area contributed by atoms with Gasteiger partial charge in [0.2, 0.25) is 5.82 Å². The van der Waals surface area contributed by atoms with E-state index in [2.05, 4.69) is 41.3 Å². The maximum Gasteiger partial charge on any atom is 0.321 e. The van der Waals surface area contributed by atoms with Gasteiger partial charge in [-0.25, -0.2) is 18.6 Å². The van der Waals surface area contributed by atoms with Crippen molar-refractivity contribution in [1.82, 2.24) is 25.3 Å². The van der Waals surface area contributed by atoms with Crippen LogP contribution in [0.5, 0.6) is 5.75 Å². The fourth-order valence-corrected chi connectivity index (χ4v) is 5.43. The Morgan fingerprint density at radius 1 is 1.09 bits per heavy atom. The first-order valence-electron chi connectivity index (χ1n) is 13.6. The smallest absolute Gasteiger partial charge is 0.321 e. The summed E-state index contributed by atoms with van der Waals surface area (Å²) in [4.78, 5) is 36.5. The van der Waals surface area contributed by atoms with Crippen LogP contribution in [0.4, 0.5) is 30.2 Å². The number of urea groups is 1. The minimum absolute atomic E-state index is 0.00149. The zero-order valence-corrected chi connectivity index (χ0v) is 24.3. The number of anilines is 3. The van der Waals surface area contributed by atoms with Gasteiger partial charge in [0.25, 0.3) is 11.8 Å². The summed E-state index contributed by atoms with van der Waals surface area (Å²) in [6.45, 7) is 3.68. The molecule has 1 saturated heterocycles. The molecule has 2 aromatic heterocycles. The third-order valence-corrected chi connectivity index (χ3v) is 7.68. The number of ether oxygens (including phenoxy) is 1. The van der Waals surface area contributed by atoms with Crippen molar-refractivity contribution in [1.29, 1.82) is 0 Å². The van der Waals surface area contributed by atoms with E-state index < -0.39 is 23.6 Å². The molecule has 0 atom stereocenters. The average Bonchev–Trinajstić information content (AvgIpc) is 3.78. The van der Waals surface area contributed by atoms with E-state index in [-0.39, 0.29) is 33.7 Å². The second kappa shape index (κ2) is 13.6. The Kier molecular flexibility index (Phi) is 9.41. The molecule has 4 aromatic rings. The SMILES string of the molecule is CNc1nc(NC(=O)NCCCN2CCCC2)sc1-c1nc(-c2cc(NC(=O)c3cccc(OC)c3)c(F)cc2F)no1. The second-order valence-electron chi connectivity index (χ2n) is 9.65. The first-order valence-corrected chi connectivity index (χ1v) is 14.4. The van der Waals surface area contributed by atoms with E-state index in [9.17, 15) is 18.4 Å². The zero-order chi connectivity index (χ0) is 30.3. The molecule has 0 saturated carbocycles. The van der Waals surface area contributed by atoms with Crippen molar-refractivity contribution < 1.29 is 27.6 Å². The summed E-state index contributed by atoms with van der Waals surface area (Å²) in [5.74, 6) is -1.93. The number of thiazole rings is 1. The van der Waals surface area contributed by atoms with Crippen LogP contribution in [0.1, 0.15) is 29.6 Å². The minimum atomic E-state index is -0.980. The van der Waals surface area contributed by atoms with Gasteiger partial charge in [0, 0.05) is 25.2 Å². The largest absolute Gasteiger partial charge is 0.497 e. The summed E-state index contributed by atoms with van der Waals surface area (Å²) in [5, 5.41) is 15.0. The van der Waals surface area contributed by atoms with Gasteiger partial charge >= 0.3 is 6.03 Å². The van der Waals surface area contributed by atoms with E-state index in [1.807, 2.05) is 0 Å². The highest BCUT2D eigenvalue weighted by Gasteiger charge is 2.23. The molecule has 0 unspecified atom stereocenters. The van der Waals surface area contributed by atoms with Crippen molar-refractivity contribution in [2.45, 2.75) is 19.3 Å². The second-order valence-corrected chi connectivity index (χ2v) is 10.7. The number of carbonyl (C=O) groups is 2. The number of rotatable bonds is 11. The molecule has 0 radical (unpaired) electrons. The lowest BCUT2D eigenvalue weighted by atomic mass is 10.1. The maximum atomic E-state index is 14.8. The average molecular weight is 613 g/mol. The highest BCUT2D eigenvalue weighted by Crippen LogP contribution is 2.37. The number of aromatic nitrogens is 3. The molecule has 1 aliphatic heterocycles. The highest BCUT2D eigenvalue weighted by atomic mass is 32.1. The van der Waals surface area contributed by atoms with Crippen molar-refractivity contribution in [2.24, 2.45) is 0 Å². The Hall–Kier alpha value is -4.63. The van der Waals surface area contributed by atoms with Crippen molar-refractivity contribution in [3.63, 3.8) is 0 Å². The summed E-state index contributed by atoms with van der Waals surface area (Å²) in [5.41, 5.74) is -0.252. The van der Waals surface area contributed by atoms with Gasteiger partial charge in [-0.05, 0) is 63.2 Å². The maximum absolute atomic E-state index is 14.8. The highest BCUT2D eigenvalue weighted by molar-refractivity contribution is 7.19. The molecule has 4 N–H and O–H groups in total. The number of hydrogen-bond donors (Lipinski definition) is 4. The molecule has 0 bridgehead atoms. The lowest BCUT2D eigenvalue weighted by Gasteiger charge is -2.14. The van der Waals surface area contributed by atoms with Gasteiger partial charge in [-0.2, -0.15) is 4.98 Å². The third kappa shape index (κ3) is 7.24. The molecule has 5 rings (SSSR count). The third-order valence-electron chi connectivity index (χ3n) is 6.72. The summed E-state index contributed by atoms with van der Waals surface area (Å²) in [7, 11) is 3.09. The van der Waals surface area contributed by atoms with Crippen molar-refractivity contribution >= 4 is 39.9 Å². The lowest BCUT2D eigenvalue weighted by molar-refractivity contribution is 0.102. The first kappa shape index (κ1) is 29.8. The van der Waals surface area contributed by atoms with E-state index in [1.165, 1.54) is 32.1 Å². The molecular formula is C28H30F2N8O4S. The monoisotopic (exact) mass is 612 g/mol. The van der Waals surface area contributed by atoms with E-state index in [1.54, 1.807) is 19.2 Å². The van der Waals surface area contributed by atoms with Gasteiger partial charge in [0.1, 0.15) is 22.3 Å². The number of halogens is 2. The molecule has 0 aliphatic carbocycles. The standard InChI is InChI=1S/C28H30F2N8O4S/c1-31-24-22(43-28(35-24)36-27(40)32-9-6-12-38-10-3-4-11-38)26-34-23(37-42-26)18-14-21(20(30)15-19(18)29)33-25(39)16-7-5-8-17(13-16)41-2/h5,7-8,13-15,31H,3-4,6,9-12H2,1-2H3,(H,33,39)(H2,32,35,36,40). The first-order chi connectivity index (χ1) is 20.8. The summed E-state index contributed by atoms with van der Waals surface area (Å²) < 4.78 is 39.9. The molecule has 3 heterocycles. The Bertz CT molecular complexity index is 1610. The molecule has 2 aromatic carbocycles.